The van der Waals surface area contributed by atoms with Crippen LogP contribution in [0.2, 0.25) is 0 Å². The van der Waals surface area contributed by atoms with Gasteiger partial charge in [-0.3, -0.25) is 14.4 Å². The van der Waals surface area contributed by atoms with Gasteiger partial charge < -0.3 is 20.1 Å². The summed E-state index contributed by atoms with van der Waals surface area (Å²) in [6, 6.07) is -1.10. The highest BCUT2D eigenvalue weighted by Crippen LogP contribution is 2.02. The number of hydrogen-bond donors (Lipinski definition) is 2. The molecule has 0 fully saturated rings. The van der Waals surface area contributed by atoms with Crippen molar-refractivity contribution in [3.8, 4) is 0 Å². The molecule has 2 amide bonds. The maximum absolute atomic E-state index is 11.9. The zero-order valence-electron chi connectivity index (χ0n) is 16.1. The molecule has 0 heterocycles. The molecule has 0 bridgehead atoms. The minimum atomic E-state index is -1.10. The van der Waals surface area contributed by atoms with Crippen LogP contribution >= 0.6 is 0 Å². The molecule has 0 unspecified atom stereocenters. The number of amides is 2. The topological polar surface area (TPSA) is 111 Å². The molecule has 8 nitrogen and oxygen atoms in total. The van der Waals surface area contributed by atoms with Gasteiger partial charge in [0.25, 0.3) is 0 Å². The smallest absolute Gasteiger partial charge is 0.331 e. The van der Waals surface area contributed by atoms with Crippen molar-refractivity contribution in [2.75, 3.05) is 20.3 Å². The van der Waals surface area contributed by atoms with Crippen molar-refractivity contribution in [1.82, 2.24) is 10.6 Å². The van der Waals surface area contributed by atoms with Gasteiger partial charge >= 0.3 is 11.9 Å². The molecule has 0 aromatic carbocycles. The van der Waals surface area contributed by atoms with Crippen molar-refractivity contribution < 1.29 is 28.7 Å². The van der Waals surface area contributed by atoms with Gasteiger partial charge in [0.05, 0.1) is 13.7 Å². The van der Waals surface area contributed by atoms with Crippen molar-refractivity contribution in [1.29, 1.82) is 0 Å². The van der Waals surface area contributed by atoms with Crippen LogP contribution in [0.25, 0.3) is 0 Å². The summed E-state index contributed by atoms with van der Waals surface area (Å²) in [4.78, 5) is 46.8. The lowest BCUT2D eigenvalue weighted by molar-refractivity contribution is -0.152. The number of esters is 2. The summed E-state index contributed by atoms with van der Waals surface area (Å²) >= 11 is 0. The molecule has 8 heteroatoms. The van der Waals surface area contributed by atoms with Gasteiger partial charge in [0.1, 0.15) is 6.61 Å². The zero-order valence-corrected chi connectivity index (χ0v) is 16.1. The van der Waals surface area contributed by atoms with Crippen molar-refractivity contribution in [2.24, 2.45) is 0 Å². The van der Waals surface area contributed by atoms with E-state index in [1.165, 1.54) is 7.11 Å². The molecular formula is C18H32N2O6. The van der Waals surface area contributed by atoms with E-state index >= 15 is 0 Å². The highest BCUT2D eigenvalue weighted by Gasteiger charge is 2.23. The highest BCUT2D eigenvalue weighted by atomic mass is 16.5. The fraction of sp³-hybridized carbons (Fsp3) is 0.778. The van der Waals surface area contributed by atoms with E-state index in [2.05, 4.69) is 15.4 Å². The van der Waals surface area contributed by atoms with E-state index in [4.69, 9.17) is 4.74 Å². The Hall–Kier alpha value is -2.12. The fourth-order valence-electron chi connectivity index (χ4n) is 2.13. The van der Waals surface area contributed by atoms with Crippen molar-refractivity contribution in [3.05, 3.63) is 0 Å². The summed E-state index contributed by atoms with van der Waals surface area (Å²) in [5.41, 5.74) is 0. The van der Waals surface area contributed by atoms with Crippen molar-refractivity contribution in [3.63, 3.8) is 0 Å². The first-order valence-corrected chi connectivity index (χ1v) is 9.24. The van der Waals surface area contributed by atoms with Crippen LogP contribution in [0.5, 0.6) is 0 Å². The summed E-state index contributed by atoms with van der Waals surface area (Å²) in [6.45, 7) is 3.52. The second-order valence-corrected chi connectivity index (χ2v) is 6.02. The van der Waals surface area contributed by atoms with E-state index in [9.17, 15) is 19.2 Å². The molecule has 150 valence electrons. The van der Waals surface area contributed by atoms with Crippen molar-refractivity contribution in [2.45, 2.75) is 71.3 Å². The quantitative estimate of drug-likeness (QED) is 0.353. The molecule has 0 aromatic heterocycles. The largest absolute Gasteiger partial charge is 0.467 e. The maximum atomic E-state index is 11.9. The first-order valence-electron chi connectivity index (χ1n) is 9.24. The Bertz CT molecular complexity index is 453. The van der Waals surface area contributed by atoms with Crippen LogP contribution in [-0.2, 0) is 28.7 Å². The Morgan fingerprint density at radius 3 is 2.08 bits per heavy atom. The molecule has 0 saturated carbocycles. The molecule has 2 N–H and O–H groups in total. The molecule has 0 aliphatic rings. The van der Waals surface area contributed by atoms with Crippen LogP contribution in [-0.4, -0.2) is 50.1 Å². The summed E-state index contributed by atoms with van der Waals surface area (Å²) in [7, 11) is 1.18. The van der Waals surface area contributed by atoms with Gasteiger partial charge in [0.15, 0.2) is 6.04 Å². The minimum Gasteiger partial charge on any atom is -0.467 e. The molecule has 0 spiro atoms. The predicted molar refractivity (Wildman–Crippen MR) is 96.2 cm³/mol. The molecular weight excluding hydrogens is 340 g/mol. The first kappa shape index (κ1) is 23.9. The van der Waals surface area contributed by atoms with Crippen LogP contribution in [0.4, 0.5) is 0 Å². The van der Waals surface area contributed by atoms with Crippen molar-refractivity contribution >= 4 is 23.8 Å². The number of ether oxygens (including phenoxy) is 2. The normalized spacial score (nSPS) is 11.3. The summed E-state index contributed by atoms with van der Waals surface area (Å²) < 4.78 is 9.63. The third-order valence-corrected chi connectivity index (χ3v) is 3.67. The molecule has 0 rings (SSSR count). The van der Waals surface area contributed by atoms with Gasteiger partial charge in [-0.1, -0.05) is 39.5 Å². The second-order valence-electron chi connectivity index (χ2n) is 6.02. The lowest BCUT2D eigenvalue weighted by Gasteiger charge is -2.17. The molecule has 26 heavy (non-hydrogen) atoms. The highest BCUT2D eigenvalue weighted by molar-refractivity contribution is 5.88. The molecule has 0 aliphatic heterocycles. The molecule has 0 radical (unpaired) electrons. The number of nitrogens with one attached hydrogen (secondary N) is 2. The molecule has 0 aliphatic carbocycles. The van der Waals surface area contributed by atoms with Crippen LogP contribution in [0.15, 0.2) is 0 Å². The van der Waals surface area contributed by atoms with Crippen LogP contribution < -0.4 is 10.6 Å². The lowest BCUT2D eigenvalue weighted by atomic mass is 10.2. The number of methoxy groups -OCH3 is 1. The first-order chi connectivity index (χ1) is 12.4. The fourth-order valence-corrected chi connectivity index (χ4v) is 2.13. The predicted octanol–water partition coefficient (Wildman–Crippen LogP) is 1.46. The number of carbonyl (C=O) groups excluding carboxylic acids is 4. The molecule has 0 aromatic rings. The average molecular weight is 372 g/mol. The summed E-state index contributed by atoms with van der Waals surface area (Å²) in [5, 5.41) is 4.90. The molecule has 1 atom stereocenters. The number of carbonyl (C=O) groups is 4. The maximum Gasteiger partial charge on any atom is 0.331 e. The van der Waals surface area contributed by atoms with E-state index in [1.54, 1.807) is 0 Å². The lowest BCUT2D eigenvalue weighted by Crippen LogP contribution is -2.48. The number of rotatable bonds is 14. The Balaban J connectivity index is 4.26. The van der Waals surface area contributed by atoms with E-state index in [1.807, 2.05) is 13.8 Å². The van der Waals surface area contributed by atoms with Crippen LogP contribution in [0, 0.1) is 0 Å². The van der Waals surface area contributed by atoms with Gasteiger partial charge in [-0.2, -0.15) is 0 Å². The number of unbranched alkanes of at least 4 members (excludes halogenated alkanes) is 4. The number of hydrogen-bond acceptors (Lipinski definition) is 6. The Kier molecular flexibility index (Phi) is 13.9. The van der Waals surface area contributed by atoms with Crippen LogP contribution in [0.1, 0.15) is 65.2 Å². The van der Waals surface area contributed by atoms with Gasteiger partial charge in [0, 0.05) is 12.8 Å². The van der Waals surface area contributed by atoms with E-state index < -0.39 is 23.9 Å². The van der Waals surface area contributed by atoms with Gasteiger partial charge in [-0.05, 0) is 12.8 Å². The van der Waals surface area contributed by atoms with E-state index in [-0.39, 0.29) is 25.5 Å². The second kappa shape index (κ2) is 15.2. The third kappa shape index (κ3) is 12.3. The standard InChI is InChI=1S/C18H32N2O6/c1-4-6-8-10-15(21)19-12-16(22)20-14(18(24)25-3)13-26-17(23)11-9-7-5-2/h14H,4-13H2,1-3H3,(H,19,21)(H,20,22)/t14-/m0/s1. The Morgan fingerprint density at radius 1 is 0.885 bits per heavy atom. The van der Waals surface area contributed by atoms with Gasteiger partial charge in [-0.15, -0.1) is 0 Å². The third-order valence-electron chi connectivity index (χ3n) is 3.67. The SMILES string of the molecule is CCCCCC(=O)NCC(=O)N[C@@H](COC(=O)CCCCC)C(=O)OC. The summed E-state index contributed by atoms with van der Waals surface area (Å²) in [6.07, 6.45) is 5.97. The van der Waals surface area contributed by atoms with Crippen LogP contribution in [0.3, 0.4) is 0 Å². The van der Waals surface area contributed by atoms with Gasteiger partial charge in [0.2, 0.25) is 11.8 Å². The molecule has 0 saturated heterocycles. The average Bonchev–Trinajstić information content (AvgIpc) is 2.63. The zero-order chi connectivity index (χ0) is 19.8. The monoisotopic (exact) mass is 372 g/mol. The Morgan fingerprint density at radius 2 is 1.50 bits per heavy atom. The minimum absolute atomic E-state index is 0.217. The van der Waals surface area contributed by atoms with E-state index in [0.717, 1.165) is 32.1 Å². The van der Waals surface area contributed by atoms with Gasteiger partial charge in [-0.25, -0.2) is 4.79 Å². The summed E-state index contributed by atoms with van der Waals surface area (Å²) in [5.74, 6) is -1.91. The van der Waals surface area contributed by atoms with E-state index in [0.29, 0.717) is 12.8 Å². The Labute approximate surface area is 155 Å².